The number of carbonyl (C=O) groups excluding carboxylic acids is 1. The van der Waals surface area contributed by atoms with Crippen molar-refractivity contribution in [1.82, 2.24) is 0 Å². The monoisotopic (exact) mass is 348 g/mol. The summed E-state index contributed by atoms with van der Waals surface area (Å²) in [5.74, 6) is 0. The lowest BCUT2D eigenvalue weighted by Gasteiger charge is -2.03. The van der Waals surface area contributed by atoms with Gasteiger partial charge in [-0.1, -0.05) is 101 Å². The first-order chi connectivity index (χ1) is 12.3. The normalized spacial score (nSPS) is 10.8. The lowest BCUT2D eigenvalue weighted by Crippen LogP contribution is -2.42. The second-order valence-electron chi connectivity index (χ2n) is 6.99. The maximum Gasteiger partial charge on any atom is 0.601 e. The second-order valence-corrected chi connectivity index (χ2v) is 6.99. The molecule has 0 amide bonds. The Morgan fingerprint density at radius 1 is 0.680 bits per heavy atom. The molecule has 3 nitrogen and oxygen atoms in total. The van der Waals surface area contributed by atoms with E-state index in [0.29, 0.717) is 6.61 Å². The molecule has 0 bridgehead atoms. The molecule has 0 aliphatic rings. The molecule has 0 atom stereocenters. The number of hydrogen-bond donors (Lipinski definition) is 0. The van der Waals surface area contributed by atoms with E-state index in [-0.39, 0.29) is 6.09 Å². The third kappa shape index (κ3) is 12.6. The van der Waals surface area contributed by atoms with Crippen LogP contribution in [0.5, 0.6) is 0 Å². The summed E-state index contributed by atoms with van der Waals surface area (Å²) in [5.41, 5.74) is 0. The number of rotatable bonds is 15. The number of carbonyl (C=O) groups is 1. The first kappa shape index (κ1) is 21.7. The maximum atomic E-state index is 11.7. The zero-order chi connectivity index (χ0) is 18.0. The Bertz CT molecular complexity index is 419. The van der Waals surface area contributed by atoms with Crippen LogP contribution in [0, 0.1) is 0 Å². The zero-order valence-corrected chi connectivity index (χ0v) is 16.3. The van der Waals surface area contributed by atoms with E-state index in [0.717, 1.165) is 12.8 Å². The van der Waals surface area contributed by atoms with Crippen molar-refractivity contribution in [2.24, 2.45) is 0 Å². The summed E-state index contributed by atoms with van der Waals surface area (Å²) >= 11 is 0. The number of unbranched alkanes of at least 4 members (excludes halogenated alkanes) is 13. The minimum absolute atomic E-state index is 0.282. The second kappa shape index (κ2) is 16.1. The van der Waals surface area contributed by atoms with Gasteiger partial charge in [0, 0.05) is 12.1 Å². The van der Waals surface area contributed by atoms with Crippen molar-refractivity contribution < 1.29 is 14.1 Å². The van der Waals surface area contributed by atoms with Crippen molar-refractivity contribution in [2.45, 2.75) is 96.8 Å². The average Bonchev–Trinajstić information content (AvgIpc) is 2.65. The molecule has 1 aromatic rings. The van der Waals surface area contributed by atoms with Gasteiger partial charge in [-0.2, -0.15) is 4.79 Å². The Morgan fingerprint density at radius 3 is 1.60 bits per heavy atom. The third-order valence-electron chi connectivity index (χ3n) is 4.65. The van der Waals surface area contributed by atoms with E-state index in [2.05, 4.69) is 6.92 Å². The fourth-order valence-corrected chi connectivity index (χ4v) is 3.05. The number of aromatic nitrogens is 1. The van der Waals surface area contributed by atoms with Gasteiger partial charge in [-0.3, -0.25) is 0 Å². The van der Waals surface area contributed by atoms with Crippen LogP contribution in [0.2, 0.25) is 0 Å². The van der Waals surface area contributed by atoms with E-state index in [9.17, 15) is 4.79 Å². The van der Waals surface area contributed by atoms with Gasteiger partial charge in [0.15, 0.2) is 12.4 Å². The van der Waals surface area contributed by atoms with Crippen molar-refractivity contribution in [3.8, 4) is 0 Å². The maximum absolute atomic E-state index is 11.7. The van der Waals surface area contributed by atoms with Crippen molar-refractivity contribution >= 4 is 6.09 Å². The van der Waals surface area contributed by atoms with E-state index in [4.69, 9.17) is 4.74 Å². The van der Waals surface area contributed by atoms with Gasteiger partial charge in [-0.25, -0.2) is 0 Å². The predicted octanol–water partition coefficient (Wildman–Crippen LogP) is 6.44. The van der Waals surface area contributed by atoms with Gasteiger partial charge in [0.1, 0.15) is 0 Å². The van der Waals surface area contributed by atoms with Crippen LogP contribution in [0.1, 0.15) is 96.8 Å². The predicted molar refractivity (Wildman–Crippen MR) is 104 cm³/mol. The highest BCUT2D eigenvalue weighted by atomic mass is 16.5. The summed E-state index contributed by atoms with van der Waals surface area (Å²) in [6, 6.07) is 5.54. The van der Waals surface area contributed by atoms with Crippen LogP contribution in [0.15, 0.2) is 30.6 Å². The quantitative estimate of drug-likeness (QED) is 0.270. The van der Waals surface area contributed by atoms with Crippen LogP contribution in [-0.2, 0) is 4.74 Å². The SMILES string of the molecule is CCCCCCCCCCCCCCCCOC(=O)[n+]1ccccc1. The summed E-state index contributed by atoms with van der Waals surface area (Å²) in [4.78, 5) is 11.7. The molecule has 3 heteroatoms. The Morgan fingerprint density at radius 2 is 1.12 bits per heavy atom. The van der Waals surface area contributed by atoms with Gasteiger partial charge in [0.25, 0.3) is 0 Å². The summed E-state index contributed by atoms with van der Waals surface area (Å²) in [7, 11) is 0. The molecule has 1 heterocycles. The van der Waals surface area contributed by atoms with Crippen molar-refractivity contribution in [1.29, 1.82) is 0 Å². The number of pyridine rings is 1. The summed E-state index contributed by atoms with van der Waals surface area (Å²) in [6.07, 6.45) is 21.9. The highest BCUT2D eigenvalue weighted by Crippen LogP contribution is 2.12. The molecule has 0 saturated carbocycles. The molecular formula is C22H38NO2+. The molecule has 0 aliphatic heterocycles. The molecule has 0 unspecified atom stereocenters. The molecule has 0 saturated heterocycles. The highest BCUT2D eigenvalue weighted by Gasteiger charge is 2.13. The smallest absolute Gasteiger partial charge is 0.412 e. The first-order valence-corrected chi connectivity index (χ1v) is 10.5. The van der Waals surface area contributed by atoms with Crippen LogP contribution >= 0.6 is 0 Å². The van der Waals surface area contributed by atoms with Gasteiger partial charge in [-0.15, -0.1) is 0 Å². The molecule has 1 rings (SSSR count). The average molecular weight is 349 g/mol. The summed E-state index contributed by atoms with van der Waals surface area (Å²) in [6.45, 7) is 2.80. The standard InChI is InChI=1S/C22H38NO2/c1-2-3-4-5-6-7-8-9-10-11-12-13-14-18-21-25-22(24)23-19-16-15-17-20-23/h15-17,19-20H,2-14,18,21H2,1H3/q+1. The van der Waals surface area contributed by atoms with Crippen LogP contribution in [-0.4, -0.2) is 12.7 Å². The molecule has 0 fully saturated rings. The first-order valence-electron chi connectivity index (χ1n) is 10.5. The minimum Gasteiger partial charge on any atom is -0.412 e. The van der Waals surface area contributed by atoms with Crippen LogP contribution in [0.3, 0.4) is 0 Å². The van der Waals surface area contributed by atoms with Crippen molar-refractivity contribution in [3.63, 3.8) is 0 Å². The summed E-state index contributed by atoms with van der Waals surface area (Å²) in [5, 5.41) is 0. The van der Waals surface area contributed by atoms with E-state index in [1.807, 2.05) is 18.2 Å². The van der Waals surface area contributed by atoms with Crippen molar-refractivity contribution in [2.75, 3.05) is 6.61 Å². The molecular weight excluding hydrogens is 310 g/mol. The van der Waals surface area contributed by atoms with E-state index >= 15 is 0 Å². The van der Waals surface area contributed by atoms with E-state index < -0.39 is 0 Å². The molecule has 0 N–H and O–H groups in total. The topological polar surface area (TPSA) is 30.2 Å². The van der Waals surface area contributed by atoms with Crippen LogP contribution < -0.4 is 4.57 Å². The van der Waals surface area contributed by atoms with Gasteiger partial charge >= 0.3 is 6.09 Å². The lowest BCUT2D eigenvalue weighted by atomic mass is 10.0. The van der Waals surface area contributed by atoms with Gasteiger partial charge in [0.2, 0.25) is 0 Å². The summed E-state index contributed by atoms with van der Waals surface area (Å²) < 4.78 is 6.74. The third-order valence-corrected chi connectivity index (χ3v) is 4.65. The molecule has 0 aliphatic carbocycles. The fraction of sp³-hybridized carbons (Fsp3) is 0.727. The lowest BCUT2D eigenvalue weighted by molar-refractivity contribution is -0.586. The Balaban J connectivity index is 1.78. The number of hydrogen-bond acceptors (Lipinski definition) is 2. The minimum atomic E-state index is -0.282. The van der Waals surface area contributed by atoms with Crippen molar-refractivity contribution in [3.05, 3.63) is 30.6 Å². The van der Waals surface area contributed by atoms with Gasteiger partial charge in [0.05, 0.1) is 6.61 Å². The Hall–Kier alpha value is -1.38. The highest BCUT2D eigenvalue weighted by molar-refractivity contribution is 5.56. The van der Waals surface area contributed by atoms with E-state index in [1.54, 1.807) is 12.4 Å². The largest absolute Gasteiger partial charge is 0.601 e. The fourth-order valence-electron chi connectivity index (χ4n) is 3.05. The molecule has 0 aromatic carbocycles. The Kier molecular flexibility index (Phi) is 14.0. The van der Waals surface area contributed by atoms with E-state index in [1.165, 1.54) is 81.6 Å². The van der Waals surface area contributed by atoms with Gasteiger partial charge < -0.3 is 4.74 Å². The Labute approximate surface area is 154 Å². The molecule has 0 radical (unpaired) electrons. The van der Waals surface area contributed by atoms with Crippen LogP contribution in [0.4, 0.5) is 4.79 Å². The molecule has 142 valence electrons. The number of nitrogens with zero attached hydrogens (tertiary/aromatic N) is 1. The molecule has 25 heavy (non-hydrogen) atoms. The van der Waals surface area contributed by atoms with Crippen LogP contribution in [0.25, 0.3) is 0 Å². The zero-order valence-electron chi connectivity index (χ0n) is 16.3. The number of ether oxygens (including phenoxy) is 1. The molecule has 1 aromatic heterocycles. The molecule has 0 spiro atoms. The van der Waals surface area contributed by atoms with Gasteiger partial charge in [-0.05, 0) is 6.42 Å².